The number of rotatable bonds is 6. The molecule has 0 unspecified atom stereocenters. The van der Waals surface area contributed by atoms with Gasteiger partial charge in [0.15, 0.2) is 0 Å². The Morgan fingerprint density at radius 1 is 0.846 bits per heavy atom. The van der Waals surface area contributed by atoms with Crippen molar-refractivity contribution < 1.29 is 9.05 Å². The molecule has 80 valence electrons. The van der Waals surface area contributed by atoms with Crippen molar-refractivity contribution in [3.63, 3.8) is 0 Å². The quantitative estimate of drug-likeness (QED) is 0.630. The second kappa shape index (κ2) is 7.05. The van der Waals surface area contributed by atoms with Crippen LogP contribution in [0.2, 0.25) is 0 Å². The Balaban J connectivity index is 3.87. The molecule has 0 radical (unpaired) electrons. The van der Waals surface area contributed by atoms with Crippen LogP contribution in [0.25, 0.3) is 0 Å². The minimum absolute atomic E-state index is 0.246. The van der Waals surface area contributed by atoms with Gasteiger partial charge in [-0.15, -0.1) is 0 Å². The largest absolute Gasteiger partial charge is 0.323 e. The van der Waals surface area contributed by atoms with E-state index in [1.54, 1.807) is 11.4 Å². The first-order chi connectivity index (χ1) is 5.91. The Bertz CT molecular complexity index is 105. The number of hydrogen-bond donors (Lipinski definition) is 0. The van der Waals surface area contributed by atoms with Crippen LogP contribution in [0.15, 0.2) is 0 Å². The van der Waals surface area contributed by atoms with Crippen LogP contribution in [0.1, 0.15) is 41.5 Å². The molecule has 0 saturated carbocycles. The van der Waals surface area contributed by atoms with Gasteiger partial charge in [0.25, 0.3) is 0 Å². The average molecular weight is 224 g/mol. The van der Waals surface area contributed by atoms with Gasteiger partial charge in [0, 0.05) is 5.25 Å². The summed E-state index contributed by atoms with van der Waals surface area (Å²) in [7, 11) is -0.762. The van der Waals surface area contributed by atoms with Gasteiger partial charge in [0.05, 0.1) is 12.2 Å². The zero-order valence-electron chi connectivity index (χ0n) is 9.40. The van der Waals surface area contributed by atoms with Crippen molar-refractivity contribution in [2.75, 3.05) is 0 Å². The molecule has 0 aliphatic rings. The van der Waals surface area contributed by atoms with E-state index in [1.165, 1.54) is 0 Å². The third-order valence-electron chi connectivity index (χ3n) is 0.891. The van der Waals surface area contributed by atoms with Crippen molar-refractivity contribution in [3.05, 3.63) is 0 Å². The summed E-state index contributed by atoms with van der Waals surface area (Å²) in [6, 6.07) is 0. The fourth-order valence-corrected chi connectivity index (χ4v) is 4.14. The highest BCUT2D eigenvalue weighted by Crippen LogP contribution is 2.55. The fraction of sp³-hybridized carbons (Fsp3) is 1.00. The lowest BCUT2D eigenvalue weighted by Crippen LogP contribution is -2.04. The summed E-state index contributed by atoms with van der Waals surface area (Å²) in [5.74, 6) is 0. The van der Waals surface area contributed by atoms with Crippen LogP contribution in [0, 0.1) is 0 Å². The molecule has 0 fully saturated rings. The van der Waals surface area contributed by atoms with E-state index in [1.807, 2.05) is 27.7 Å². The summed E-state index contributed by atoms with van der Waals surface area (Å²) in [5, 5.41) is 0.559. The van der Waals surface area contributed by atoms with E-state index < -0.39 is 7.58 Å². The van der Waals surface area contributed by atoms with Crippen LogP contribution in [0.4, 0.5) is 0 Å². The van der Waals surface area contributed by atoms with Crippen LogP contribution in [0.3, 0.4) is 0 Å². The van der Waals surface area contributed by atoms with E-state index in [-0.39, 0.29) is 12.2 Å². The minimum Gasteiger partial charge on any atom is -0.323 e. The molecule has 13 heavy (non-hydrogen) atoms. The van der Waals surface area contributed by atoms with Gasteiger partial charge >= 0.3 is 0 Å². The van der Waals surface area contributed by atoms with Gasteiger partial charge in [-0.2, -0.15) is 0 Å². The third kappa shape index (κ3) is 9.01. The lowest BCUT2D eigenvalue weighted by molar-refractivity contribution is 0.188. The minimum atomic E-state index is -0.762. The molecule has 0 aliphatic heterocycles. The van der Waals surface area contributed by atoms with Gasteiger partial charge in [0.2, 0.25) is 7.58 Å². The molecule has 0 rings (SSSR count). The predicted molar refractivity (Wildman–Crippen MR) is 62.1 cm³/mol. The summed E-state index contributed by atoms with van der Waals surface area (Å²) in [4.78, 5) is 0. The predicted octanol–water partition coefficient (Wildman–Crippen LogP) is 4.20. The van der Waals surface area contributed by atoms with Gasteiger partial charge in [-0.1, -0.05) is 25.2 Å². The van der Waals surface area contributed by atoms with Gasteiger partial charge < -0.3 is 9.05 Å². The zero-order valence-corrected chi connectivity index (χ0v) is 11.1. The highest BCUT2D eigenvalue weighted by molar-refractivity contribution is 8.53. The lowest BCUT2D eigenvalue weighted by Gasteiger charge is -2.22. The molecule has 0 spiro atoms. The molecule has 0 aromatic carbocycles. The maximum absolute atomic E-state index is 5.68. The maximum atomic E-state index is 5.68. The van der Waals surface area contributed by atoms with Crippen molar-refractivity contribution in [2.24, 2.45) is 0 Å². The van der Waals surface area contributed by atoms with Crippen molar-refractivity contribution in [3.8, 4) is 0 Å². The molecule has 0 atom stereocenters. The summed E-state index contributed by atoms with van der Waals surface area (Å²) >= 11 is 1.78. The molecule has 0 aromatic rings. The standard InChI is InChI=1S/C9H21O2PS/c1-7(2)10-12(11-8(3)4)13-9(5)6/h7-9H,1-6H3. The second-order valence-electron chi connectivity index (χ2n) is 3.69. The molecule has 2 nitrogen and oxygen atoms in total. The van der Waals surface area contributed by atoms with Crippen LogP contribution >= 0.6 is 19.0 Å². The van der Waals surface area contributed by atoms with Crippen LogP contribution in [0.5, 0.6) is 0 Å². The van der Waals surface area contributed by atoms with E-state index in [0.717, 1.165) is 0 Å². The van der Waals surface area contributed by atoms with Crippen molar-refractivity contribution >= 4 is 19.0 Å². The third-order valence-corrected chi connectivity index (χ3v) is 4.97. The van der Waals surface area contributed by atoms with Gasteiger partial charge in [-0.05, 0) is 27.7 Å². The summed E-state index contributed by atoms with van der Waals surface area (Å²) in [6.07, 6.45) is 0.493. The second-order valence-corrected chi connectivity index (χ2v) is 7.24. The normalized spacial score (nSPS) is 12.5. The van der Waals surface area contributed by atoms with Crippen LogP contribution in [-0.2, 0) is 9.05 Å². The SMILES string of the molecule is CC(C)OP(OC(C)C)SC(C)C. The van der Waals surface area contributed by atoms with Gasteiger partial charge in [-0.3, -0.25) is 0 Å². The van der Waals surface area contributed by atoms with Gasteiger partial charge in [0.1, 0.15) is 0 Å². The van der Waals surface area contributed by atoms with Crippen LogP contribution < -0.4 is 0 Å². The smallest absolute Gasteiger partial charge is 0.238 e. The molecule has 0 N–H and O–H groups in total. The van der Waals surface area contributed by atoms with Crippen molar-refractivity contribution in [1.29, 1.82) is 0 Å². The Kier molecular flexibility index (Phi) is 7.43. The first-order valence-corrected chi connectivity index (χ1v) is 7.38. The molecule has 0 saturated heterocycles. The monoisotopic (exact) mass is 224 g/mol. The van der Waals surface area contributed by atoms with Crippen LogP contribution in [-0.4, -0.2) is 17.5 Å². The molecule has 0 heterocycles. The van der Waals surface area contributed by atoms with E-state index in [0.29, 0.717) is 5.25 Å². The van der Waals surface area contributed by atoms with E-state index in [9.17, 15) is 0 Å². The first-order valence-electron chi connectivity index (χ1n) is 4.72. The summed E-state index contributed by atoms with van der Waals surface area (Å²) in [6.45, 7) is 12.5. The number of hydrogen-bond acceptors (Lipinski definition) is 3. The lowest BCUT2D eigenvalue weighted by atomic mass is 10.5. The molecular weight excluding hydrogens is 203 g/mol. The Labute approximate surface area is 87.4 Å². The van der Waals surface area contributed by atoms with E-state index >= 15 is 0 Å². The van der Waals surface area contributed by atoms with Crippen molar-refractivity contribution in [2.45, 2.75) is 59.0 Å². The molecular formula is C9H21O2PS. The summed E-state index contributed by atoms with van der Waals surface area (Å²) in [5.41, 5.74) is 0. The first kappa shape index (κ1) is 13.7. The van der Waals surface area contributed by atoms with Gasteiger partial charge in [-0.25, -0.2) is 0 Å². The molecule has 0 aromatic heterocycles. The highest BCUT2D eigenvalue weighted by atomic mass is 32.7. The molecule has 0 amide bonds. The van der Waals surface area contributed by atoms with E-state index in [4.69, 9.17) is 9.05 Å². The zero-order chi connectivity index (χ0) is 10.4. The molecule has 4 heteroatoms. The Morgan fingerprint density at radius 3 is 1.46 bits per heavy atom. The maximum Gasteiger partial charge on any atom is 0.238 e. The van der Waals surface area contributed by atoms with E-state index in [2.05, 4.69) is 13.8 Å². The highest BCUT2D eigenvalue weighted by Gasteiger charge is 2.17. The molecule has 0 aliphatic carbocycles. The summed E-state index contributed by atoms with van der Waals surface area (Å²) < 4.78 is 11.4. The Morgan fingerprint density at radius 2 is 1.23 bits per heavy atom. The topological polar surface area (TPSA) is 18.5 Å². The Hall–Kier alpha value is 0.700. The molecule has 0 bridgehead atoms. The fourth-order valence-electron chi connectivity index (χ4n) is 0.591. The van der Waals surface area contributed by atoms with Crippen molar-refractivity contribution in [1.82, 2.24) is 0 Å². The average Bonchev–Trinajstić information content (AvgIpc) is 1.80.